The van der Waals surface area contributed by atoms with Crippen molar-refractivity contribution in [3.8, 4) is 0 Å². The molecule has 0 heterocycles. The Labute approximate surface area is 62.0 Å². The molecule has 0 bridgehead atoms. The number of nitrogens with one attached hydrogen (secondary N) is 1. The molecule has 0 aromatic rings. The molecule has 1 aliphatic carbocycles. The smallest absolute Gasteiger partial charge is 0.152 e. The van der Waals surface area contributed by atoms with Crippen molar-refractivity contribution in [3.05, 3.63) is 0 Å². The van der Waals surface area contributed by atoms with Crippen LogP contribution in [0.25, 0.3) is 0 Å². The summed E-state index contributed by atoms with van der Waals surface area (Å²) in [4.78, 5) is 11.3. The van der Waals surface area contributed by atoms with Gasteiger partial charge in [0.25, 0.3) is 0 Å². The van der Waals surface area contributed by atoms with E-state index in [0.717, 1.165) is 19.3 Å². The molecule has 1 rings (SSSR count). The van der Waals surface area contributed by atoms with Gasteiger partial charge in [0.05, 0.1) is 6.04 Å². The van der Waals surface area contributed by atoms with Crippen LogP contribution in [0.15, 0.2) is 0 Å². The zero-order chi connectivity index (χ0) is 7.56. The highest BCUT2D eigenvalue weighted by Gasteiger charge is 2.32. The van der Waals surface area contributed by atoms with Gasteiger partial charge in [-0.2, -0.15) is 0 Å². The molecule has 1 aliphatic rings. The highest BCUT2D eigenvalue weighted by Crippen LogP contribution is 2.31. The fourth-order valence-corrected chi connectivity index (χ4v) is 1.20. The first-order chi connectivity index (χ1) is 4.79. The van der Waals surface area contributed by atoms with Crippen molar-refractivity contribution in [3.63, 3.8) is 0 Å². The third-order valence-corrected chi connectivity index (χ3v) is 2.08. The largest absolute Gasteiger partial charge is 0.311 e. The average Bonchev–Trinajstić information content (AvgIpc) is 2.71. The van der Waals surface area contributed by atoms with Crippen LogP contribution in [0.4, 0.5) is 0 Å². The minimum absolute atomic E-state index is 0.118. The Balaban J connectivity index is 2.35. The number of carbonyl (C=O) groups excluding carboxylic acids is 1. The fourth-order valence-electron chi connectivity index (χ4n) is 1.20. The molecule has 1 unspecified atom stereocenters. The minimum Gasteiger partial charge on any atom is -0.311 e. The Bertz CT molecular complexity index is 125. The number of ketones is 1. The van der Waals surface area contributed by atoms with Gasteiger partial charge in [0, 0.05) is 5.92 Å². The molecule has 0 aromatic heterocycles. The van der Waals surface area contributed by atoms with E-state index in [1.165, 1.54) is 0 Å². The summed E-state index contributed by atoms with van der Waals surface area (Å²) in [7, 11) is 1.86. The molecular formula is C8H15NO. The van der Waals surface area contributed by atoms with Gasteiger partial charge in [-0.05, 0) is 26.3 Å². The quantitative estimate of drug-likeness (QED) is 0.632. The Morgan fingerprint density at radius 3 is 2.60 bits per heavy atom. The maximum absolute atomic E-state index is 11.3. The van der Waals surface area contributed by atoms with Crippen molar-refractivity contribution in [2.24, 2.45) is 5.92 Å². The second kappa shape index (κ2) is 3.15. The van der Waals surface area contributed by atoms with E-state index in [0.29, 0.717) is 11.7 Å². The lowest BCUT2D eigenvalue weighted by Crippen LogP contribution is -2.34. The standard InChI is InChI=1S/C8H15NO/c1-3-7(9-2)8(10)6-4-5-6/h6-7,9H,3-5H2,1-2H3. The average molecular weight is 141 g/mol. The second-order valence-electron chi connectivity index (χ2n) is 2.93. The van der Waals surface area contributed by atoms with Gasteiger partial charge < -0.3 is 5.32 Å². The highest BCUT2D eigenvalue weighted by atomic mass is 16.1. The second-order valence-corrected chi connectivity index (χ2v) is 2.93. The van der Waals surface area contributed by atoms with Gasteiger partial charge >= 0.3 is 0 Å². The monoisotopic (exact) mass is 141 g/mol. The van der Waals surface area contributed by atoms with E-state index < -0.39 is 0 Å². The number of likely N-dealkylation sites (N-methyl/N-ethyl adjacent to an activating group) is 1. The van der Waals surface area contributed by atoms with Crippen LogP contribution >= 0.6 is 0 Å². The summed E-state index contributed by atoms with van der Waals surface area (Å²) in [6.07, 6.45) is 3.17. The van der Waals surface area contributed by atoms with E-state index in [-0.39, 0.29) is 6.04 Å². The van der Waals surface area contributed by atoms with E-state index in [1.54, 1.807) is 0 Å². The van der Waals surface area contributed by atoms with Crippen LogP contribution in [-0.2, 0) is 4.79 Å². The van der Waals surface area contributed by atoms with Crippen LogP contribution in [0, 0.1) is 5.92 Å². The molecule has 0 aromatic carbocycles. The number of rotatable bonds is 4. The van der Waals surface area contributed by atoms with E-state index in [9.17, 15) is 4.79 Å². The van der Waals surface area contributed by atoms with E-state index in [2.05, 4.69) is 5.32 Å². The predicted molar refractivity (Wildman–Crippen MR) is 40.9 cm³/mol. The lowest BCUT2D eigenvalue weighted by Gasteiger charge is -2.10. The van der Waals surface area contributed by atoms with Crippen LogP contribution in [0.3, 0.4) is 0 Å². The van der Waals surface area contributed by atoms with Crippen LogP contribution in [0.5, 0.6) is 0 Å². The summed E-state index contributed by atoms with van der Waals surface area (Å²) >= 11 is 0. The maximum atomic E-state index is 11.3. The van der Waals surface area contributed by atoms with E-state index >= 15 is 0 Å². The molecule has 10 heavy (non-hydrogen) atoms. The molecule has 0 saturated heterocycles. The summed E-state index contributed by atoms with van der Waals surface area (Å²) in [6, 6.07) is 0.118. The van der Waals surface area contributed by atoms with Gasteiger partial charge in [0.2, 0.25) is 0 Å². The van der Waals surface area contributed by atoms with Crippen molar-refractivity contribution in [2.45, 2.75) is 32.2 Å². The molecule has 2 heteroatoms. The minimum atomic E-state index is 0.118. The molecular weight excluding hydrogens is 126 g/mol. The third kappa shape index (κ3) is 1.57. The predicted octanol–water partition coefficient (Wildman–Crippen LogP) is 0.964. The zero-order valence-corrected chi connectivity index (χ0v) is 6.68. The summed E-state index contributed by atoms with van der Waals surface area (Å²) in [5.74, 6) is 0.822. The molecule has 2 nitrogen and oxygen atoms in total. The van der Waals surface area contributed by atoms with Crippen molar-refractivity contribution in [2.75, 3.05) is 7.05 Å². The van der Waals surface area contributed by atoms with Crippen molar-refractivity contribution < 1.29 is 4.79 Å². The summed E-state index contributed by atoms with van der Waals surface area (Å²) in [5.41, 5.74) is 0. The zero-order valence-electron chi connectivity index (χ0n) is 6.68. The SMILES string of the molecule is CCC(NC)C(=O)C1CC1. The van der Waals surface area contributed by atoms with Gasteiger partial charge in [0.15, 0.2) is 5.78 Å². The molecule has 1 N–H and O–H groups in total. The molecule has 1 saturated carbocycles. The Morgan fingerprint density at radius 2 is 2.30 bits per heavy atom. The van der Waals surface area contributed by atoms with Gasteiger partial charge in [-0.3, -0.25) is 4.79 Å². The van der Waals surface area contributed by atoms with Gasteiger partial charge in [-0.15, -0.1) is 0 Å². The van der Waals surface area contributed by atoms with Crippen LogP contribution < -0.4 is 5.32 Å². The van der Waals surface area contributed by atoms with Crippen LogP contribution in [0.2, 0.25) is 0 Å². The first-order valence-corrected chi connectivity index (χ1v) is 4.00. The normalized spacial score (nSPS) is 20.6. The van der Waals surface area contributed by atoms with Crippen molar-refractivity contribution in [1.82, 2.24) is 5.32 Å². The molecule has 1 atom stereocenters. The van der Waals surface area contributed by atoms with E-state index in [1.807, 2.05) is 14.0 Å². The topological polar surface area (TPSA) is 29.1 Å². The third-order valence-electron chi connectivity index (χ3n) is 2.08. The Hall–Kier alpha value is -0.370. The molecule has 0 amide bonds. The highest BCUT2D eigenvalue weighted by molar-refractivity contribution is 5.88. The first-order valence-electron chi connectivity index (χ1n) is 4.00. The molecule has 0 aliphatic heterocycles. The maximum Gasteiger partial charge on any atom is 0.152 e. The first kappa shape index (κ1) is 7.73. The van der Waals surface area contributed by atoms with Crippen molar-refractivity contribution >= 4 is 5.78 Å². The van der Waals surface area contributed by atoms with E-state index in [4.69, 9.17) is 0 Å². The fraction of sp³-hybridized carbons (Fsp3) is 0.875. The Morgan fingerprint density at radius 1 is 1.70 bits per heavy atom. The molecule has 0 radical (unpaired) electrons. The molecule has 0 spiro atoms. The molecule has 58 valence electrons. The Kier molecular flexibility index (Phi) is 2.44. The van der Waals surface area contributed by atoms with Gasteiger partial charge in [-0.1, -0.05) is 6.92 Å². The summed E-state index contributed by atoms with van der Waals surface area (Å²) in [5, 5.41) is 3.02. The lowest BCUT2D eigenvalue weighted by atomic mass is 10.1. The number of Topliss-reactive ketones (excluding diaryl/α,β-unsaturated/α-hetero) is 1. The summed E-state index contributed by atoms with van der Waals surface area (Å²) < 4.78 is 0. The van der Waals surface area contributed by atoms with Gasteiger partial charge in [0.1, 0.15) is 0 Å². The number of hydrogen-bond donors (Lipinski definition) is 1. The van der Waals surface area contributed by atoms with Crippen LogP contribution in [0.1, 0.15) is 26.2 Å². The van der Waals surface area contributed by atoms with Gasteiger partial charge in [-0.25, -0.2) is 0 Å². The number of hydrogen-bond acceptors (Lipinski definition) is 2. The van der Waals surface area contributed by atoms with Crippen molar-refractivity contribution in [1.29, 1.82) is 0 Å². The lowest BCUT2D eigenvalue weighted by molar-refractivity contribution is -0.122. The molecule has 1 fully saturated rings. The number of carbonyl (C=O) groups is 1. The van der Waals surface area contributed by atoms with Crippen LogP contribution in [-0.4, -0.2) is 18.9 Å². The summed E-state index contributed by atoms with van der Waals surface area (Å²) in [6.45, 7) is 2.04.